The topological polar surface area (TPSA) is 3.24 Å². The first-order valence-corrected chi connectivity index (χ1v) is 15.8. The summed E-state index contributed by atoms with van der Waals surface area (Å²) < 4.78 is 2.79. The van der Waals surface area contributed by atoms with Gasteiger partial charge in [0.15, 0.2) is 0 Å². The molecule has 0 saturated heterocycles. The summed E-state index contributed by atoms with van der Waals surface area (Å²) >= 11 is 0. The van der Waals surface area contributed by atoms with E-state index in [9.17, 15) is 0 Å². The Morgan fingerprint density at radius 3 is 1.38 bits per heavy atom. The number of nitrogens with zero attached hydrogens (tertiary/aromatic N) is 1. The molecule has 0 amide bonds. The highest BCUT2D eigenvalue weighted by Gasteiger charge is 2.37. The minimum absolute atomic E-state index is 0.342. The molecule has 1 nitrogen and oxygen atoms in total. The molecule has 1 aliphatic rings. The zero-order valence-corrected chi connectivity index (χ0v) is 23.6. The molecule has 0 aromatic heterocycles. The summed E-state index contributed by atoms with van der Waals surface area (Å²) in [5.74, 6) is 0.353. The molecule has 0 N–H and O–H groups in total. The van der Waals surface area contributed by atoms with Gasteiger partial charge in [0, 0.05) is 26.1 Å². The van der Waals surface area contributed by atoms with Crippen LogP contribution in [-0.2, 0) is 0 Å². The van der Waals surface area contributed by atoms with Crippen LogP contribution >= 0.6 is 16.0 Å². The van der Waals surface area contributed by atoms with Gasteiger partial charge >= 0.3 is 0 Å². The van der Waals surface area contributed by atoms with Gasteiger partial charge in [-0.15, -0.1) is 0 Å². The van der Waals surface area contributed by atoms with Crippen molar-refractivity contribution < 1.29 is 0 Å². The maximum absolute atomic E-state index is 2.79. The Morgan fingerprint density at radius 1 is 0.568 bits per heavy atom. The van der Waals surface area contributed by atoms with Crippen LogP contribution in [0.15, 0.2) is 145 Å². The summed E-state index contributed by atoms with van der Waals surface area (Å²) in [5.41, 5.74) is 0. The lowest BCUT2D eigenvalue weighted by atomic mass is 10.0. The number of benzene rings is 4. The Bertz CT molecular complexity index is 1240. The molecule has 0 heterocycles. The molecule has 0 saturated carbocycles. The van der Waals surface area contributed by atoms with E-state index in [1.165, 1.54) is 21.2 Å². The second-order valence-electron chi connectivity index (χ2n) is 9.71. The average molecular weight is 520 g/mol. The third-order valence-corrected chi connectivity index (χ3v) is 12.4. The minimum atomic E-state index is -0.677. The molecule has 186 valence electrons. The van der Waals surface area contributed by atoms with Crippen LogP contribution in [0.4, 0.5) is 0 Å². The van der Waals surface area contributed by atoms with Crippen LogP contribution in [0.5, 0.6) is 0 Å². The lowest BCUT2D eigenvalue weighted by Gasteiger charge is -2.43. The van der Waals surface area contributed by atoms with E-state index >= 15 is 0 Å². The van der Waals surface area contributed by atoms with Crippen molar-refractivity contribution >= 4 is 37.2 Å². The first kappa shape index (κ1) is 25.8. The van der Waals surface area contributed by atoms with Crippen molar-refractivity contribution in [1.82, 2.24) is 4.67 Å². The molecule has 0 fully saturated rings. The lowest BCUT2D eigenvalue weighted by molar-refractivity contribution is 0.280. The predicted octanol–water partition coefficient (Wildman–Crippen LogP) is 7.34. The fraction of sp³-hybridized carbons (Fsp3) is 0.176. The number of hydrogen-bond donors (Lipinski definition) is 0. The molecule has 1 aliphatic carbocycles. The first-order chi connectivity index (χ1) is 18.1. The van der Waals surface area contributed by atoms with Crippen LogP contribution in [0.2, 0.25) is 0 Å². The van der Waals surface area contributed by atoms with E-state index in [-0.39, 0.29) is 0 Å². The molecule has 0 spiro atoms. The van der Waals surface area contributed by atoms with Gasteiger partial charge in [-0.25, -0.2) is 0 Å². The normalized spacial score (nSPS) is 16.1. The van der Waals surface area contributed by atoms with Crippen LogP contribution in [-0.4, -0.2) is 16.8 Å². The molecule has 37 heavy (non-hydrogen) atoms. The third kappa shape index (κ3) is 5.71. The largest absolute Gasteiger partial charge is 0.269 e. The molecule has 1 unspecified atom stereocenters. The highest BCUT2D eigenvalue weighted by Crippen LogP contribution is 2.53. The molecule has 3 heteroatoms. The van der Waals surface area contributed by atoms with Crippen LogP contribution < -0.4 is 21.2 Å². The maximum atomic E-state index is 2.79. The molecule has 2 atom stereocenters. The molecule has 0 bridgehead atoms. The molecule has 4 aromatic rings. The zero-order valence-electron chi connectivity index (χ0n) is 21.9. The van der Waals surface area contributed by atoms with Gasteiger partial charge in [-0.3, -0.25) is 4.67 Å². The monoisotopic (exact) mass is 519 g/mol. The molecule has 0 aliphatic heterocycles. The summed E-state index contributed by atoms with van der Waals surface area (Å²) in [4.78, 5) is 0. The van der Waals surface area contributed by atoms with Gasteiger partial charge in [-0.2, -0.15) is 0 Å². The number of rotatable bonds is 9. The maximum Gasteiger partial charge on any atom is 0.0286 e. The van der Waals surface area contributed by atoms with Crippen molar-refractivity contribution in [2.24, 2.45) is 5.92 Å². The summed E-state index contributed by atoms with van der Waals surface area (Å²) in [5, 5.41) is 7.19. The second-order valence-corrected chi connectivity index (χ2v) is 14.0. The van der Waals surface area contributed by atoms with E-state index in [0.717, 1.165) is 0 Å². The van der Waals surface area contributed by atoms with Crippen molar-refractivity contribution in [3.8, 4) is 0 Å². The molecular formula is C34H35NP2. The van der Waals surface area contributed by atoms with E-state index in [4.69, 9.17) is 0 Å². The smallest absolute Gasteiger partial charge is 0.0286 e. The van der Waals surface area contributed by atoms with Crippen molar-refractivity contribution in [3.05, 3.63) is 145 Å². The lowest BCUT2D eigenvalue weighted by Crippen LogP contribution is -2.43. The quantitative estimate of drug-likeness (QED) is 0.209. The first-order valence-electron chi connectivity index (χ1n) is 13.1. The number of allylic oxidation sites excluding steroid dienone is 2. The molecule has 4 aromatic carbocycles. The average Bonchev–Trinajstić information content (AvgIpc) is 3.43. The van der Waals surface area contributed by atoms with Gasteiger partial charge in [-0.1, -0.05) is 140 Å². The summed E-state index contributed by atoms with van der Waals surface area (Å²) in [6, 6.07) is 45.1. The number of hydrogen-bond acceptors (Lipinski definition) is 1. The summed E-state index contributed by atoms with van der Waals surface area (Å²) in [6.07, 6.45) is 7.14. The van der Waals surface area contributed by atoms with Crippen molar-refractivity contribution in [2.45, 2.75) is 32.9 Å². The fourth-order valence-corrected chi connectivity index (χ4v) is 10.7. The molecular weight excluding hydrogens is 484 g/mol. The van der Waals surface area contributed by atoms with Crippen LogP contribution in [0.1, 0.15) is 20.8 Å². The van der Waals surface area contributed by atoms with Crippen molar-refractivity contribution in [3.63, 3.8) is 0 Å². The SMILES string of the molecule is CC(C)N([C@H](C)C1C=CC=C1P(c1ccccc1)c1ccccc1)P(c1ccccc1)c1ccccc1. The van der Waals surface area contributed by atoms with Crippen LogP contribution in [0.25, 0.3) is 0 Å². The Morgan fingerprint density at radius 2 is 0.973 bits per heavy atom. The summed E-state index contributed by atoms with van der Waals surface area (Å²) in [6.45, 7) is 7.16. The van der Waals surface area contributed by atoms with Gasteiger partial charge in [0.25, 0.3) is 0 Å². The minimum Gasteiger partial charge on any atom is -0.269 e. The third-order valence-electron chi connectivity index (χ3n) is 6.91. The Kier molecular flexibility index (Phi) is 8.48. The van der Waals surface area contributed by atoms with E-state index in [0.29, 0.717) is 18.0 Å². The highest BCUT2D eigenvalue weighted by molar-refractivity contribution is 7.76. The van der Waals surface area contributed by atoms with Crippen molar-refractivity contribution in [2.75, 3.05) is 0 Å². The zero-order chi connectivity index (χ0) is 25.6. The van der Waals surface area contributed by atoms with E-state index < -0.39 is 16.0 Å². The van der Waals surface area contributed by atoms with E-state index in [1.54, 1.807) is 5.31 Å². The van der Waals surface area contributed by atoms with Gasteiger partial charge in [0.2, 0.25) is 0 Å². The Balaban J connectivity index is 1.56. The van der Waals surface area contributed by atoms with E-state index in [2.05, 4.69) is 165 Å². The Hall–Kier alpha value is -2.82. The van der Waals surface area contributed by atoms with Gasteiger partial charge < -0.3 is 0 Å². The second kappa shape index (κ2) is 12.1. The summed E-state index contributed by atoms with van der Waals surface area (Å²) in [7, 11) is -1.29. The van der Waals surface area contributed by atoms with E-state index in [1.807, 2.05) is 0 Å². The predicted molar refractivity (Wildman–Crippen MR) is 165 cm³/mol. The molecule has 0 radical (unpaired) electrons. The van der Waals surface area contributed by atoms with Crippen LogP contribution in [0.3, 0.4) is 0 Å². The standard InChI is InChI=1S/C34H35NP2/c1-27(2)35(37(31-21-12-6-13-22-31)32-23-14-7-15-24-32)28(3)33-25-16-26-34(33)36(29-17-8-4-9-18-29)30-19-10-5-11-20-30/h4-28,33H,1-3H3/t28-,33?/m1/s1. The van der Waals surface area contributed by atoms with Crippen molar-refractivity contribution in [1.29, 1.82) is 0 Å². The highest BCUT2D eigenvalue weighted by atomic mass is 31.1. The van der Waals surface area contributed by atoms with Gasteiger partial charge in [0.1, 0.15) is 0 Å². The fourth-order valence-electron chi connectivity index (χ4n) is 5.32. The van der Waals surface area contributed by atoms with Crippen LogP contribution in [0, 0.1) is 5.92 Å². The van der Waals surface area contributed by atoms with Gasteiger partial charge in [-0.05, 0) is 55.2 Å². The Labute approximate surface area is 225 Å². The molecule has 5 rings (SSSR count). The van der Waals surface area contributed by atoms with Gasteiger partial charge in [0.05, 0.1) is 0 Å².